The van der Waals surface area contributed by atoms with Gasteiger partial charge in [0.15, 0.2) is 0 Å². The highest BCUT2D eigenvalue weighted by Gasteiger charge is 2.36. The van der Waals surface area contributed by atoms with Crippen molar-refractivity contribution in [2.75, 3.05) is 19.7 Å². The van der Waals surface area contributed by atoms with Gasteiger partial charge in [0, 0.05) is 13.1 Å². The Morgan fingerprint density at radius 2 is 2.25 bits per heavy atom. The van der Waals surface area contributed by atoms with Crippen LogP contribution in [0.3, 0.4) is 0 Å². The van der Waals surface area contributed by atoms with Gasteiger partial charge in [0.25, 0.3) is 5.91 Å². The second-order valence-electron chi connectivity index (χ2n) is 5.33. The lowest BCUT2D eigenvalue weighted by molar-refractivity contribution is -0.139. The van der Waals surface area contributed by atoms with Gasteiger partial charge in [-0.1, -0.05) is 23.2 Å². The monoisotopic (exact) mass is 318 g/mol. The van der Waals surface area contributed by atoms with Crippen LogP contribution in [-0.2, 0) is 4.74 Å². The van der Waals surface area contributed by atoms with Crippen LogP contribution in [0.2, 0.25) is 10.2 Å². The lowest BCUT2D eigenvalue weighted by atomic mass is 10.0. The number of morpholine rings is 1. The first kappa shape index (κ1) is 15.5. The quantitative estimate of drug-likeness (QED) is 0.847. The first-order chi connectivity index (χ1) is 9.32. The van der Waals surface area contributed by atoms with E-state index in [1.807, 2.05) is 13.8 Å². The zero-order chi connectivity index (χ0) is 14.9. The van der Waals surface area contributed by atoms with Gasteiger partial charge in [0.05, 0.1) is 23.3 Å². The summed E-state index contributed by atoms with van der Waals surface area (Å²) in [5, 5.41) is 9.73. The van der Waals surface area contributed by atoms with Crippen molar-refractivity contribution in [2.24, 2.45) is 0 Å². The molecule has 0 saturated carbocycles. The molecule has 0 bridgehead atoms. The molecule has 2 heterocycles. The van der Waals surface area contributed by atoms with E-state index in [4.69, 9.17) is 27.9 Å². The highest BCUT2D eigenvalue weighted by molar-refractivity contribution is 6.34. The zero-order valence-electron chi connectivity index (χ0n) is 11.3. The molecule has 1 amide bonds. The predicted octanol–water partition coefficient (Wildman–Crippen LogP) is 2.00. The van der Waals surface area contributed by atoms with Crippen LogP contribution in [0.15, 0.2) is 12.1 Å². The number of aromatic nitrogens is 1. The summed E-state index contributed by atoms with van der Waals surface area (Å²) in [6.45, 7) is 4.27. The van der Waals surface area contributed by atoms with Crippen molar-refractivity contribution in [1.82, 2.24) is 9.88 Å². The molecule has 0 aliphatic carbocycles. The number of hydrogen-bond donors (Lipinski definition) is 1. The summed E-state index contributed by atoms with van der Waals surface area (Å²) >= 11 is 11.8. The smallest absolute Gasteiger partial charge is 0.274 e. The van der Waals surface area contributed by atoms with Crippen LogP contribution in [0.25, 0.3) is 0 Å². The Bertz CT molecular complexity index is 522. The molecule has 7 heteroatoms. The van der Waals surface area contributed by atoms with Crippen LogP contribution < -0.4 is 0 Å². The number of pyridine rings is 1. The van der Waals surface area contributed by atoms with E-state index < -0.39 is 11.7 Å². The fourth-order valence-electron chi connectivity index (χ4n) is 2.26. The molecular weight excluding hydrogens is 303 g/mol. The van der Waals surface area contributed by atoms with Crippen LogP contribution in [0.4, 0.5) is 0 Å². The molecule has 1 unspecified atom stereocenters. The van der Waals surface area contributed by atoms with E-state index in [9.17, 15) is 9.90 Å². The first-order valence-electron chi connectivity index (χ1n) is 6.22. The summed E-state index contributed by atoms with van der Waals surface area (Å²) in [4.78, 5) is 18.1. The Kier molecular flexibility index (Phi) is 4.54. The summed E-state index contributed by atoms with van der Waals surface area (Å²) < 4.78 is 5.67. The van der Waals surface area contributed by atoms with Gasteiger partial charge in [0.1, 0.15) is 10.8 Å². The molecule has 1 aliphatic rings. The fourth-order valence-corrected chi connectivity index (χ4v) is 2.60. The lowest BCUT2D eigenvalue weighted by Gasteiger charge is -2.42. The van der Waals surface area contributed by atoms with Crippen molar-refractivity contribution in [3.8, 4) is 0 Å². The van der Waals surface area contributed by atoms with Crippen molar-refractivity contribution < 1.29 is 14.6 Å². The molecular formula is C13H16Cl2N2O3. The second kappa shape index (κ2) is 5.85. The molecule has 2 rings (SSSR count). The van der Waals surface area contributed by atoms with Crippen LogP contribution in [0.1, 0.15) is 24.3 Å². The fraction of sp³-hybridized carbons (Fsp3) is 0.538. The molecule has 1 fully saturated rings. The summed E-state index contributed by atoms with van der Waals surface area (Å²) in [7, 11) is 0. The SMILES string of the molecule is CC1(C)CN(C(=O)c2nc(Cl)ccc2Cl)CC(CO)O1. The molecule has 20 heavy (non-hydrogen) atoms. The molecule has 1 aromatic heterocycles. The number of aliphatic hydroxyl groups excluding tert-OH is 1. The summed E-state index contributed by atoms with van der Waals surface area (Å²) in [6, 6.07) is 3.07. The Morgan fingerprint density at radius 1 is 1.55 bits per heavy atom. The van der Waals surface area contributed by atoms with E-state index in [0.29, 0.717) is 13.1 Å². The number of carbonyl (C=O) groups is 1. The number of aliphatic hydroxyl groups is 1. The molecule has 1 N–H and O–H groups in total. The minimum absolute atomic E-state index is 0.119. The van der Waals surface area contributed by atoms with E-state index in [0.717, 1.165) is 0 Å². The van der Waals surface area contributed by atoms with Crippen molar-refractivity contribution in [1.29, 1.82) is 0 Å². The maximum atomic E-state index is 12.5. The van der Waals surface area contributed by atoms with Gasteiger partial charge in [0.2, 0.25) is 0 Å². The van der Waals surface area contributed by atoms with E-state index in [-0.39, 0.29) is 28.4 Å². The van der Waals surface area contributed by atoms with Gasteiger partial charge < -0.3 is 14.7 Å². The Balaban J connectivity index is 2.25. The van der Waals surface area contributed by atoms with Gasteiger partial charge in [-0.15, -0.1) is 0 Å². The largest absolute Gasteiger partial charge is 0.394 e. The average Bonchev–Trinajstić information content (AvgIpc) is 2.38. The van der Waals surface area contributed by atoms with Crippen molar-refractivity contribution >= 4 is 29.1 Å². The van der Waals surface area contributed by atoms with Crippen molar-refractivity contribution in [3.63, 3.8) is 0 Å². The first-order valence-corrected chi connectivity index (χ1v) is 6.98. The van der Waals surface area contributed by atoms with Gasteiger partial charge in [-0.2, -0.15) is 0 Å². The molecule has 0 radical (unpaired) electrons. The third kappa shape index (κ3) is 3.41. The lowest BCUT2D eigenvalue weighted by Crippen LogP contribution is -2.55. The highest BCUT2D eigenvalue weighted by Crippen LogP contribution is 2.24. The highest BCUT2D eigenvalue weighted by atomic mass is 35.5. The van der Waals surface area contributed by atoms with Crippen LogP contribution in [-0.4, -0.2) is 52.3 Å². The summed E-state index contributed by atoms with van der Waals surface area (Å²) in [5.74, 6) is -0.313. The molecule has 5 nitrogen and oxygen atoms in total. The van der Waals surface area contributed by atoms with E-state index in [1.54, 1.807) is 11.0 Å². The second-order valence-corrected chi connectivity index (χ2v) is 6.13. The molecule has 1 atom stereocenters. The third-order valence-corrected chi connectivity index (χ3v) is 3.50. The number of hydrogen-bond acceptors (Lipinski definition) is 4. The number of amides is 1. The van der Waals surface area contributed by atoms with Crippen molar-refractivity contribution in [3.05, 3.63) is 28.0 Å². The number of ether oxygens (including phenoxy) is 1. The standard InChI is InChI=1S/C13H16Cl2N2O3/c1-13(2)7-17(5-8(6-18)20-13)12(19)11-9(14)3-4-10(15)16-11/h3-4,8,18H,5-7H2,1-2H3. The zero-order valence-corrected chi connectivity index (χ0v) is 12.8. The molecule has 0 spiro atoms. The minimum Gasteiger partial charge on any atom is -0.394 e. The number of rotatable bonds is 2. The molecule has 110 valence electrons. The summed E-state index contributed by atoms with van der Waals surface area (Å²) in [6.07, 6.45) is -0.416. The predicted molar refractivity (Wildman–Crippen MR) is 76.2 cm³/mol. The van der Waals surface area contributed by atoms with Gasteiger partial charge >= 0.3 is 0 Å². The van der Waals surface area contributed by atoms with Crippen LogP contribution in [0, 0.1) is 0 Å². The van der Waals surface area contributed by atoms with E-state index in [1.165, 1.54) is 6.07 Å². The normalized spacial score (nSPS) is 21.9. The average molecular weight is 319 g/mol. The molecule has 1 aromatic rings. The number of nitrogens with zero attached hydrogens (tertiary/aromatic N) is 2. The topological polar surface area (TPSA) is 62.7 Å². The Morgan fingerprint density at radius 3 is 2.90 bits per heavy atom. The maximum Gasteiger partial charge on any atom is 0.274 e. The maximum absolute atomic E-state index is 12.5. The third-order valence-electron chi connectivity index (χ3n) is 2.99. The van der Waals surface area contributed by atoms with Crippen LogP contribution in [0.5, 0.6) is 0 Å². The number of carbonyl (C=O) groups excluding carboxylic acids is 1. The number of halogens is 2. The van der Waals surface area contributed by atoms with Gasteiger partial charge in [-0.3, -0.25) is 4.79 Å². The molecule has 0 aromatic carbocycles. The Labute approximate surface area is 127 Å². The molecule has 1 aliphatic heterocycles. The van der Waals surface area contributed by atoms with Gasteiger partial charge in [-0.25, -0.2) is 4.98 Å². The minimum atomic E-state index is -0.535. The van der Waals surface area contributed by atoms with Gasteiger partial charge in [-0.05, 0) is 26.0 Å². The molecule has 1 saturated heterocycles. The summed E-state index contributed by atoms with van der Waals surface area (Å²) in [5.41, 5.74) is -0.416. The van der Waals surface area contributed by atoms with E-state index in [2.05, 4.69) is 4.98 Å². The Hall–Kier alpha value is -0.880. The van der Waals surface area contributed by atoms with Crippen molar-refractivity contribution in [2.45, 2.75) is 25.6 Å². The van der Waals surface area contributed by atoms with Crippen LogP contribution >= 0.6 is 23.2 Å². The van der Waals surface area contributed by atoms with E-state index >= 15 is 0 Å².